The van der Waals surface area contributed by atoms with E-state index in [9.17, 15) is 28.3 Å². The summed E-state index contributed by atoms with van der Waals surface area (Å²) < 4.78 is 51.4. The molecule has 4 N–H and O–H groups in total. The van der Waals surface area contributed by atoms with Gasteiger partial charge in [0.25, 0.3) is 0 Å². The highest BCUT2D eigenvalue weighted by molar-refractivity contribution is 5.74. The molecule has 0 aliphatic carbocycles. The third-order valence-corrected chi connectivity index (χ3v) is 8.66. The largest absolute Gasteiger partial charge is 0.480 e. The molecule has 2 aromatic carbocycles. The second kappa shape index (κ2) is 12.0. The average Bonchev–Trinajstić information content (AvgIpc) is 3.66. The number of nitrogens with one attached hydrogen (secondary N) is 1. The number of rotatable bonds is 7. The summed E-state index contributed by atoms with van der Waals surface area (Å²) in [5.74, 6) is -1.13. The van der Waals surface area contributed by atoms with Crippen LogP contribution in [0, 0.1) is 23.7 Å². The normalized spacial score (nSPS) is 18.3. The Morgan fingerprint density at radius 1 is 1.15 bits per heavy atom. The van der Waals surface area contributed by atoms with Crippen molar-refractivity contribution in [3.05, 3.63) is 77.6 Å². The number of nitrogens with two attached hydrogens (primary N) is 1. The van der Waals surface area contributed by atoms with Crippen LogP contribution in [0.25, 0.3) is 16.8 Å². The number of anilines is 2. The molecule has 0 bridgehead atoms. The molecule has 4 aromatic rings. The van der Waals surface area contributed by atoms with Crippen molar-refractivity contribution in [2.24, 2.45) is 5.41 Å². The van der Waals surface area contributed by atoms with Crippen molar-refractivity contribution in [2.75, 3.05) is 30.3 Å². The quantitative estimate of drug-likeness (QED) is 0.259. The van der Waals surface area contributed by atoms with Gasteiger partial charge in [0, 0.05) is 37.5 Å². The lowest BCUT2D eigenvalue weighted by Gasteiger charge is -2.39. The maximum absolute atomic E-state index is 14.8. The first-order chi connectivity index (χ1) is 21.9. The molecule has 2 aliphatic heterocycles. The number of hydrogen-bond donors (Lipinski definition) is 3. The maximum Gasteiger partial charge on any atom is 0.429 e. The molecule has 4 heterocycles. The van der Waals surface area contributed by atoms with Gasteiger partial charge in [0.2, 0.25) is 17.9 Å². The van der Waals surface area contributed by atoms with Crippen molar-refractivity contribution in [3.63, 3.8) is 0 Å². The molecule has 238 valence electrons. The van der Waals surface area contributed by atoms with Gasteiger partial charge in [-0.15, -0.1) is 0 Å². The predicted molar refractivity (Wildman–Crippen MR) is 162 cm³/mol. The van der Waals surface area contributed by atoms with E-state index < -0.39 is 24.3 Å². The Kier molecular flexibility index (Phi) is 8.03. The Morgan fingerprint density at radius 3 is 2.57 bits per heavy atom. The third kappa shape index (κ3) is 6.32. The lowest BCUT2D eigenvalue weighted by atomic mass is 9.76. The summed E-state index contributed by atoms with van der Waals surface area (Å²) in [6.07, 6.45) is -3.83. The highest BCUT2D eigenvalue weighted by Gasteiger charge is 2.46. The van der Waals surface area contributed by atoms with Gasteiger partial charge in [-0.2, -0.15) is 33.5 Å². The molecule has 2 aromatic heterocycles. The predicted octanol–water partition coefficient (Wildman–Crippen LogP) is 4.81. The molecule has 46 heavy (non-hydrogen) atoms. The number of carbonyl (C=O) groups is 1. The number of hydrogen-bond acceptors (Lipinski definition) is 9. The van der Waals surface area contributed by atoms with Gasteiger partial charge in [-0.25, -0.2) is 4.68 Å². The number of ether oxygens (including phenoxy) is 1. The van der Waals surface area contributed by atoms with Crippen molar-refractivity contribution < 1.29 is 27.8 Å². The topological polar surface area (TPSA) is 155 Å². The number of aryl methyl sites for hydroxylation is 1. The van der Waals surface area contributed by atoms with Gasteiger partial charge in [0.05, 0.1) is 23.0 Å². The zero-order valence-corrected chi connectivity index (χ0v) is 24.8. The number of aliphatic carboxylic acids is 1. The molecule has 6 rings (SSSR count). The Bertz CT molecular complexity index is 1810. The van der Waals surface area contributed by atoms with Gasteiger partial charge >= 0.3 is 12.1 Å². The molecule has 2 saturated heterocycles. The van der Waals surface area contributed by atoms with Gasteiger partial charge < -0.3 is 25.8 Å². The number of aromatic nitrogens is 4. The summed E-state index contributed by atoms with van der Waals surface area (Å²) >= 11 is 0. The fraction of sp³-hybridized carbons (Fsp3) is 0.344. The van der Waals surface area contributed by atoms with Crippen molar-refractivity contribution >= 4 is 17.7 Å². The van der Waals surface area contributed by atoms with E-state index in [0.717, 1.165) is 0 Å². The monoisotopic (exact) mass is 632 g/mol. The summed E-state index contributed by atoms with van der Waals surface area (Å²) in [6.45, 7) is 3.36. The van der Waals surface area contributed by atoms with Crippen molar-refractivity contribution in [1.29, 1.82) is 5.26 Å². The van der Waals surface area contributed by atoms with Crippen LogP contribution in [-0.4, -0.2) is 62.7 Å². The van der Waals surface area contributed by atoms with Gasteiger partial charge in [-0.1, -0.05) is 24.3 Å². The highest BCUT2D eigenvalue weighted by Crippen LogP contribution is 2.42. The molecule has 2 atom stereocenters. The van der Waals surface area contributed by atoms with E-state index in [0.29, 0.717) is 67.1 Å². The van der Waals surface area contributed by atoms with Crippen LogP contribution in [-0.2, 0) is 4.79 Å². The molecule has 1 unspecified atom stereocenters. The molecule has 1 spiro atoms. The Hall–Kier alpha value is -5.16. The van der Waals surface area contributed by atoms with Crippen LogP contribution >= 0.6 is 0 Å². The molecule has 0 radical (unpaired) electrons. The lowest BCUT2D eigenvalue weighted by Crippen LogP contribution is -2.41. The van der Waals surface area contributed by atoms with Crippen LogP contribution < -0.4 is 20.7 Å². The minimum Gasteiger partial charge on any atom is -0.480 e. The molecule has 14 heteroatoms. The van der Waals surface area contributed by atoms with E-state index in [1.807, 2.05) is 4.90 Å². The van der Waals surface area contributed by atoms with E-state index in [4.69, 9.17) is 10.5 Å². The minimum absolute atomic E-state index is 0.142. The van der Waals surface area contributed by atoms with Crippen LogP contribution in [0.3, 0.4) is 0 Å². The highest BCUT2D eigenvalue weighted by atomic mass is 19.4. The molecule has 11 nitrogen and oxygen atoms in total. The number of piperidine rings is 1. The maximum atomic E-state index is 14.8. The first kappa shape index (κ1) is 30.8. The first-order valence-corrected chi connectivity index (χ1v) is 14.7. The Balaban J connectivity index is 1.31. The van der Waals surface area contributed by atoms with E-state index in [1.54, 1.807) is 55.6 Å². The fourth-order valence-corrected chi connectivity index (χ4v) is 6.22. The van der Waals surface area contributed by atoms with Crippen LogP contribution in [0.4, 0.5) is 24.9 Å². The van der Waals surface area contributed by atoms with Crippen molar-refractivity contribution in [3.8, 4) is 28.8 Å². The lowest BCUT2D eigenvalue weighted by molar-refractivity contribution is -0.198. The second-order valence-corrected chi connectivity index (χ2v) is 11.8. The van der Waals surface area contributed by atoms with Crippen molar-refractivity contribution in [1.82, 2.24) is 25.1 Å². The molecular formula is C32H31F3N8O3. The number of carboxylic acid groups (broad SMARTS) is 1. The summed E-state index contributed by atoms with van der Waals surface area (Å²) in [6, 6.07) is 15.8. The zero-order chi connectivity index (χ0) is 32.6. The molecule has 2 aliphatic rings. The SMILES string of the molecule is Cc1ccn(-c2cc(-c3cccc(C#N)c3)ccc2[C@@H](Oc2cc(N3CCC4(CC3)CNC(C(=O)O)C4)nc(N)n2)C(F)(F)F)n1. The minimum atomic E-state index is -4.85. The summed E-state index contributed by atoms with van der Waals surface area (Å²) in [5, 5.41) is 26.2. The Labute approximate surface area is 262 Å². The van der Waals surface area contributed by atoms with Crippen LogP contribution in [0.5, 0.6) is 5.88 Å². The summed E-state index contributed by atoms with van der Waals surface area (Å²) in [5.41, 5.74) is 8.02. The van der Waals surface area contributed by atoms with Crippen LogP contribution in [0.15, 0.2) is 60.8 Å². The standard InChI is InChI=1S/C32H31F3N8O3/c1-19-7-10-43(41-19)25-14-22(21-4-2-3-20(13-21)17-36)5-6-23(25)28(32(33,34)35)46-27-15-26(39-30(37)40-27)42-11-8-31(9-12-42)16-24(29(44)45)38-18-31/h2-7,10,13-15,24,28,38H,8-9,11-12,16,18H2,1H3,(H,44,45)(H2,37,39,40)/t24?,28-/m1/s1. The summed E-state index contributed by atoms with van der Waals surface area (Å²) in [7, 11) is 0. The first-order valence-electron chi connectivity index (χ1n) is 14.7. The Morgan fingerprint density at radius 2 is 1.91 bits per heavy atom. The molecule has 0 amide bonds. The number of nitrogens with zero attached hydrogens (tertiary/aromatic N) is 6. The number of nitrogen functional groups attached to an aromatic ring is 1. The van der Waals surface area contributed by atoms with Gasteiger partial charge in [-0.05, 0) is 67.0 Å². The van der Waals surface area contributed by atoms with Crippen LogP contribution in [0.1, 0.15) is 42.2 Å². The zero-order valence-electron chi connectivity index (χ0n) is 24.8. The van der Waals surface area contributed by atoms with E-state index >= 15 is 0 Å². The van der Waals surface area contributed by atoms with Crippen LogP contribution in [0.2, 0.25) is 0 Å². The average molecular weight is 633 g/mol. The molecule has 2 fully saturated rings. The molecule has 0 saturated carbocycles. The second-order valence-electron chi connectivity index (χ2n) is 11.8. The smallest absolute Gasteiger partial charge is 0.429 e. The van der Waals surface area contributed by atoms with Gasteiger partial charge in [0.1, 0.15) is 11.9 Å². The third-order valence-electron chi connectivity index (χ3n) is 8.66. The number of halogens is 3. The van der Waals surface area contributed by atoms with E-state index in [2.05, 4.69) is 26.5 Å². The fourth-order valence-electron chi connectivity index (χ4n) is 6.22. The number of carboxylic acids is 1. The van der Waals surface area contributed by atoms with Crippen molar-refractivity contribution in [2.45, 2.75) is 44.5 Å². The number of benzene rings is 2. The van der Waals surface area contributed by atoms with Gasteiger partial charge in [0.15, 0.2) is 0 Å². The van der Waals surface area contributed by atoms with E-state index in [-0.39, 0.29) is 28.5 Å². The number of nitriles is 1. The molecular weight excluding hydrogens is 601 g/mol. The van der Waals surface area contributed by atoms with Gasteiger partial charge in [-0.3, -0.25) is 4.79 Å². The summed E-state index contributed by atoms with van der Waals surface area (Å²) in [4.78, 5) is 21.6. The number of alkyl halides is 3. The van der Waals surface area contributed by atoms with E-state index in [1.165, 1.54) is 16.8 Å².